The van der Waals surface area contributed by atoms with Crippen molar-refractivity contribution < 1.29 is 28.4 Å². The van der Waals surface area contributed by atoms with Gasteiger partial charge in [0.2, 0.25) is 11.5 Å². The molecule has 0 spiro atoms. The van der Waals surface area contributed by atoms with Gasteiger partial charge in [-0.15, -0.1) is 0 Å². The highest BCUT2D eigenvalue weighted by Crippen LogP contribution is 2.40. The first-order valence-electron chi connectivity index (χ1n) is 8.77. The monoisotopic (exact) mass is 375 g/mol. The summed E-state index contributed by atoms with van der Waals surface area (Å²) in [7, 11) is 4.82. The molecule has 7 nitrogen and oxygen atoms in total. The predicted molar refractivity (Wildman–Crippen MR) is 101 cm³/mol. The van der Waals surface area contributed by atoms with E-state index >= 15 is 0 Å². The van der Waals surface area contributed by atoms with E-state index in [1.54, 1.807) is 21.3 Å². The van der Waals surface area contributed by atoms with Crippen molar-refractivity contribution in [2.24, 2.45) is 0 Å². The summed E-state index contributed by atoms with van der Waals surface area (Å²) in [5.41, 5.74) is 0. The van der Waals surface area contributed by atoms with E-state index in [1.807, 2.05) is 36.4 Å². The molecule has 27 heavy (non-hydrogen) atoms. The van der Waals surface area contributed by atoms with Gasteiger partial charge in [-0.1, -0.05) is 12.1 Å². The second kappa shape index (κ2) is 9.23. The van der Waals surface area contributed by atoms with Crippen LogP contribution in [0.4, 0.5) is 0 Å². The fourth-order valence-electron chi connectivity index (χ4n) is 2.82. The van der Waals surface area contributed by atoms with Gasteiger partial charge in [0.1, 0.15) is 19.3 Å². The minimum Gasteiger partial charge on any atom is -0.493 e. The van der Waals surface area contributed by atoms with Crippen LogP contribution < -0.4 is 33.7 Å². The van der Waals surface area contributed by atoms with Crippen molar-refractivity contribution in [3.63, 3.8) is 0 Å². The molecule has 0 aliphatic carbocycles. The lowest BCUT2D eigenvalue weighted by Gasteiger charge is -2.27. The molecule has 0 saturated heterocycles. The SMILES string of the molecule is COc1cccc(OC)c1OCCNC[C@@H]1COc2cccc(OC)c2O1. The maximum absolute atomic E-state index is 6.00. The average molecular weight is 375 g/mol. The third-order valence-corrected chi connectivity index (χ3v) is 4.15. The number of para-hydroxylation sites is 2. The van der Waals surface area contributed by atoms with Gasteiger partial charge < -0.3 is 33.7 Å². The second-order valence-electron chi connectivity index (χ2n) is 5.88. The first-order chi connectivity index (χ1) is 13.3. The van der Waals surface area contributed by atoms with Crippen LogP contribution in [-0.4, -0.2) is 53.7 Å². The second-order valence-corrected chi connectivity index (χ2v) is 5.88. The number of fused-ring (bicyclic) bond motifs is 1. The Hall–Kier alpha value is -2.80. The highest BCUT2D eigenvalue weighted by atomic mass is 16.6. The fourth-order valence-corrected chi connectivity index (χ4v) is 2.82. The first kappa shape index (κ1) is 19.0. The lowest BCUT2D eigenvalue weighted by atomic mass is 10.2. The summed E-state index contributed by atoms with van der Waals surface area (Å²) in [6, 6.07) is 11.1. The molecule has 1 aliphatic heterocycles. The number of nitrogens with one attached hydrogen (secondary N) is 1. The van der Waals surface area contributed by atoms with Crippen LogP contribution in [0.2, 0.25) is 0 Å². The van der Waals surface area contributed by atoms with E-state index in [9.17, 15) is 0 Å². The molecule has 2 aromatic carbocycles. The molecular weight excluding hydrogens is 350 g/mol. The number of rotatable bonds is 9. The van der Waals surface area contributed by atoms with Crippen LogP contribution in [-0.2, 0) is 0 Å². The van der Waals surface area contributed by atoms with Crippen molar-refractivity contribution in [3.8, 4) is 34.5 Å². The Balaban J connectivity index is 1.46. The molecular formula is C20H25NO6. The Bertz CT molecular complexity index is 715. The summed E-state index contributed by atoms with van der Waals surface area (Å²) in [5.74, 6) is 3.90. The summed E-state index contributed by atoms with van der Waals surface area (Å²) >= 11 is 0. The first-order valence-corrected chi connectivity index (χ1v) is 8.77. The van der Waals surface area contributed by atoms with Gasteiger partial charge in [-0.25, -0.2) is 0 Å². The topological polar surface area (TPSA) is 67.4 Å². The molecule has 2 aromatic rings. The maximum Gasteiger partial charge on any atom is 0.204 e. The van der Waals surface area contributed by atoms with Crippen LogP contribution in [0, 0.1) is 0 Å². The molecule has 0 bridgehead atoms. The zero-order valence-corrected chi connectivity index (χ0v) is 15.8. The minimum absolute atomic E-state index is 0.102. The highest BCUT2D eigenvalue weighted by Gasteiger charge is 2.23. The zero-order valence-electron chi connectivity index (χ0n) is 15.8. The lowest BCUT2D eigenvalue weighted by Crippen LogP contribution is -2.39. The van der Waals surface area contributed by atoms with Crippen LogP contribution in [0.15, 0.2) is 36.4 Å². The van der Waals surface area contributed by atoms with Gasteiger partial charge in [-0.3, -0.25) is 0 Å². The summed E-state index contributed by atoms with van der Waals surface area (Å²) in [6.07, 6.45) is -0.102. The Morgan fingerprint density at radius 3 is 2.33 bits per heavy atom. The van der Waals surface area contributed by atoms with E-state index in [0.717, 1.165) is 0 Å². The van der Waals surface area contributed by atoms with Crippen molar-refractivity contribution in [2.45, 2.75) is 6.10 Å². The summed E-state index contributed by atoms with van der Waals surface area (Å²) in [6.45, 7) is 2.21. The Kier molecular flexibility index (Phi) is 6.49. The van der Waals surface area contributed by atoms with Crippen molar-refractivity contribution >= 4 is 0 Å². The van der Waals surface area contributed by atoms with E-state index in [-0.39, 0.29) is 6.10 Å². The lowest BCUT2D eigenvalue weighted by molar-refractivity contribution is 0.0857. The van der Waals surface area contributed by atoms with Crippen LogP contribution in [0.1, 0.15) is 0 Å². The molecule has 1 atom stereocenters. The number of benzene rings is 2. The van der Waals surface area contributed by atoms with E-state index in [2.05, 4.69) is 5.32 Å². The molecule has 1 heterocycles. The largest absolute Gasteiger partial charge is 0.493 e. The van der Waals surface area contributed by atoms with Gasteiger partial charge in [0.05, 0.1) is 21.3 Å². The van der Waals surface area contributed by atoms with Gasteiger partial charge in [0.15, 0.2) is 23.0 Å². The predicted octanol–water partition coefficient (Wildman–Crippen LogP) is 2.52. The van der Waals surface area contributed by atoms with Gasteiger partial charge in [-0.05, 0) is 24.3 Å². The van der Waals surface area contributed by atoms with E-state index in [1.165, 1.54) is 0 Å². The summed E-state index contributed by atoms with van der Waals surface area (Å²) < 4.78 is 33.6. The van der Waals surface area contributed by atoms with Crippen LogP contribution in [0.3, 0.4) is 0 Å². The fraction of sp³-hybridized carbons (Fsp3) is 0.400. The standard InChI is InChI=1S/C20H25NO6/c1-22-15-6-4-7-16(23-2)19(15)25-11-10-21-12-14-13-26-18-9-5-8-17(24-3)20(18)27-14/h4-9,14,21H,10-13H2,1-3H3/t14-/m1/s1. The van der Waals surface area contributed by atoms with Crippen molar-refractivity contribution in [3.05, 3.63) is 36.4 Å². The summed E-state index contributed by atoms with van der Waals surface area (Å²) in [5, 5.41) is 3.32. The molecule has 0 amide bonds. The van der Waals surface area contributed by atoms with E-state index < -0.39 is 0 Å². The molecule has 3 rings (SSSR count). The van der Waals surface area contributed by atoms with Crippen LogP contribution in [0.5, 0.6) is 34.5 Å². The third-order valence-electron chi connectivity index (χ3n) is 4.15. The average Bonchev–Trinajstić information content (AvgIpc) is 2.72. The molecule has 0 fully saturated rings. The van der Waals surface area contributed by atoms with Crippen molar-refractivity contribution in [1.29, 1.82) is 0 Å². The van der Waals surface area contributed by atoms with Crippen molar-refractivity contribution in [2.75, 3.05) is 47.6 Å². The van der Waals surface area contributed by atoms with Crippen LogP contribution in [0.25, 0.3) is 0 Å². The minimum atomic E-state index is -0.102. The molecule has 7 heteroatoms. The molecule has 146 valence electrons. The number of hydrogen-bond acceptors (Lipinski definition) is 7. The molecule has 0 saturated carbocycles. The third kappa shape index (κ3) is 4.49. The van der Waals surface area contributed by atoms with Gasteiger partial charge >= 0.3 is 0 Å². The smallest absolute Gasteiger partial charge is 0.204 e. The van der Waals surface area contributed by atoms with Gasteiger partial charge in [0.25, 0.3) is 0 Å². The number of methoxy groups -OCH3 is 3. The Morgan fingerprint density at radius 2 is 1.63 bits per heavy atom. The number of hydrogen-bond donors (Lipinski definition) is 1. The normalized spacial score (nSPS) is 15.1. The molecule has 1 aliphatic rings. The molecule has 0 radical (unpaired) electrons. The van der Waals surface area contributed by atoms with Gasteiger partial charge in [0, 0.05) is 13.1 Å². The van der Waals surface area contributed by atoms with E-state index in [0.29, 0.717) is 60.8 Å². The maximum atomic E-state index is 6.00. The quantitative estimate of drug-likeness (QED) is 0.676. The van der Waals surface area contributed by atoms with E-state index in [4.69, 9.17) is 28.4 Å². The molecule has 1 N–H and O–H groups in total. The van der Waals surface area contributed by atoms with Gasteiger partial charge in [-0.2, -0.15) is 0 Å². The van der Waals surface area contributed by atoms with Crippen LogP contribution >= 0.6 is 0 Å². The zero-order chi connectivity index (χ0) is 19.1. The van der Waals surface area contributed by atoms with Crippen molar-refractivity contribution in [1.82, 2.24) is 5.32 Å². The summed E-state index contributed by atoms with van der Waals surface area (Å²) in [4.78, 5) is 0. The number of ether oxygens (including phenoxy) is 6. The molecule has 0 aromatic heterocycles. The Morgan fingerprint density at radius 1 is 0.963 bits per heavy atom. The Labute approximate surface area is 159 Å². The highest BCUT2D eigenvalue weighted by molar-refractivity contribution is 5.52. The molecule has 0 unspecified atom stereocenters.